The minimum absolute atomic E-state index is 0.0694. The Labute approximate surface area is 168 Å². The van der Waals surface area contributed by atoms with E-state index in [0.717, 1.165) is 16.6 Å². The SMILES string of the molecule is Cc1cccc(C2(c3cccc(C)c3)C[C@H]2C(=O)Nc2cccc(Br)c2)c1. The average Bonchev–Trinajstić information content (AvgIpc) is 3.39. The van der Waals surface area contributed by atoms with Crippen LogP contribution in [0, 0.1) is 19.8 Å². The summed E-state index contributed by atoms with van der Waals surface area (Å²) in [5.41, 5.74) is 5.47. The van der Waals surface area contributed by atoms with Crippen molar-refractivity contribution in [3.05, 3.63) is 99.5 Å². The summed E-state index contributed by atoms with van der Waals surface area (Å²) in [6, 6.07) is 24.9. The van der Waals surface area contributed by atoms with Crippen molar-refractivity contribution in [3.8, 4) is 0 Å². The normalized spacial score (nSPS) is 17.4. The van der Waals surface area contributed by atoms with Crippen molar-refractivity contribution in [2.45, 2.75) is 25.7 Å². The summed E-state index contributed by atoms with van der Waals surface area (Å²) < 4.78 is 0.958. The second-order valence-corrected chi connectivity index (χ2v) is 8.38. The third-order valence-electron chi connectivity index (χ3n) is 5.44. The molecule has 1 fully saturated rings. The minimum Gasteiger partial charge on any atom is -0.326 e. The Morgan fingerprint density at radius 1 is 0.926 bits per heavy atom. The van der Waals surface area contributed by atoms with Gasteiger partial charge < -0.3 is 5.32 Å². The summed E-state index contributed by atoms with van der Waals surface area (Å²) in [5, 5.41) is 3.10. The van der Waals surface area contributed by atoms with Gasteiger partial charge in [-0.1, -0.05) is 81.7 Å². The van der Waals surface area contributed by atoms with Crippen molar-refractivity contribution in [3.63, 3.8) is 0 Å². The maximum absolute atomic E-state index is 13.1. The Kier molecular flexibility index (Phi) is 4.65. The molecular weight excluding hydrogens is 398 g/mol. The molecule has 1 aliphatic carbocycles. The number of benzene rings is 3. The van der Waals surface area contributed by atoms with Crippen molar-refractivity contribution in [1.82, 2.24) is 0 Å². The van der Waals surface area contributed by atoms with Crippen LogP contribution in [0.3, 0.4) is 0 Å². The number of nitrogens with one attached hydrogen (secondary N) is 1. The molecule has 2 nitrogen and oxygen atoms in total. The van der Waals surface area contributed by atoms with Crippen LogP contribution >= 0.6 is 15.9 Å². The summed E-state index contributed by atoms with van der Waals surface area (Å²) in [7, 11) is 0. The molecule has 1 aliphatic rings. The van der Waals surface area contributed by atoms with Gasteiger partial charge in [0.05, 0.1) is 5.92 Å². The van der Waals surface area contributed by atoms with Crippen LogP contribution in [0.15, 0.2) is 77.3 Å². The largest absolute Gasteiger partial charge is 0.326 e. The van der Waals surface area contributed by atoms with Crippen molar-refractivity contribution >= 4 is 27.5 Å². The van der Waals surface area contributed by atoms with Crippen molar-refractivity contribution < 1.29 is 4.79 Å². The van der Waals surface area contributed by atoms with Crippen molar-refractivity contribution in [1.29, 1.82) is 0 Å². The predicted molar refractivity (Wildman–Crippen MR) is 114 cm³/mol. The molecule has 0 aliphatic heterocycles. The van der Waals surface area contributed by atoms with Gasteiger partial charge >= 0.3 is 0 Å². The van der Waals surface area contributed by atoms with E-state index in [2.05, 4.69) is 83.6 Å². The molecule has 0 saturated heterocycles. The number of rotatable bonds is 4. The highest BCUT2D eigenvalue weighted by Crippen LogP contribution is 2.59. The smallest absolute Gasteiger partial charge is 0.228 e. The molecule has 1 amide bonds. The second-order valence-electron chi connectivity index (χ2n) is 7.47. The van der Waals surface area contributed by atoms with Crippen LogP contribution in [-0.4, -0.2) is 5.91 Å². The van der Waals surface area contributed by atoms with Gasteiger partial charge in [-0.05, 0) is 49.6 Å². The zero-order valence-corrected chi connectivity index (χ0v) is 17.1. The first-order valence-corrected chi connectivity index (χ1v) is 9.99. The molecule has 4 rings (SSSR count). The summed E-state index contributed by atoms with van der Waals surface area (Å²) in [5.74, 6) is 0.0104. The maximum atomic E-state index is 13.1. The average molecular weight is 420 g/mol. The fourth-order valence-electron chi connectivity index (χ4n) is 4.02. The zero-order valence-electron chi connectivity index (χ0n) is 15.5. The predicted octanol–water partition coefficient (Wildman–Crippen LogP) is 6.01. The van der Waals surface area contributed by atoms with Gasteiger partial charge in [-0.3, -0.25) is 4.79 Å². The van der Waals surface area contributed by atoms with Gasteiger partial charge in [0.1, 0.15) is 0 Å². The Balaban J connectivity index is 1.70. The maximum Gasteiger partial charge on any atom is 0.228 e. The van der Waals surface area contributed by atoms with E-state index in [-0.39, 0.29) is 17.2 Å². The van der Waals surface area contributed by atoms with Crippen molar-refractivity contribution in [2.75, 3.05) is 5.32 Å². The molecule has 1 saturated carbocycles. The highest BCUT2D eigenvalue weighted by molar-refractivity contribution is 9.10. The third kappa shape index (κ3) is 3.44. The topological polar surface area (TPSA) is 29.1 Å². The Morgan fingerprint density at radius 2 is 1.52 bits per heavy atom. The van der Waals surface area contributed by atoms with E-state index < -0.39 is 0 Å². The second kappa shape index (κ2) is 6.97. The quantitative estimate of drug-likeness (QED) is 0.550. The molecular formula is C24H22BrNO. The van der Waals surface area contributed by atoms with Gasteiger partial charge in [0.15, 0.2) is 0 Å². The monoisotopic (exact) mass is 419 g/mol. The van der Waals surface area contributed by atoms with Crippen LogP contribution in [0.4, 0.5) is 5.69 Å². The Bertz CT molecular complexity index is 965. The molecule has 0 radical (unpaired) electrons. The lowest BCUT2D eigenvalue weighted by Crippen LogP contribution is -2.22. The van der Waals surface area contributed by atoms with Crippen LogP contribution < -0.4 is 5.32 Å². The van der Waals surface area contributed by atoms with E-state index in [9.17, 15) is 4.79 Å². The van der Waals surface area contributed by atoms with Gasteiger partial charge in [-0.25, -0.2) is 0 Å². The number of hydrogen-bond acceptors (Lipinski definition) is 1. The molecule has 0 heterocycles. The number of carbonyl (C=O) groups is 1. The van der Waals surface area contributed by atoms with Crippen LogP contribution in [0.5, 0.6) is 0 Å². The molecule has 0 bridgehead atoms. The third-order valence-corrected chi connectivity index (χ3v) is 5.93. The van der Waals surface area contributed by atoms with Crippen LogP contribution in [0.1, 0.15) is 28.7 Å². The molecule has 27 heavy (non-hydrogen) atoms. The van der Waals surface area contributed by atoms with Crippen LogP contribution in [-0.2, 0) is 10.2 Å². The van der Waals surface area contributed by atoms with E-state index in [4.69, 9.17) is 0 Å². The number of aryl methyl sites for hydroxylation is 2. The highest BCUT2D eigenvalue weighted by atomic mass is 79.9. The zero-order chi connectivity index (χ0) is 19.0. The van der Waals surface area contributed by atoms with Gasteiger partial charge in [-0.15, -0.1) is 0 Å². The highest BCUT2D eigenvalue weighted by Gasteiger charge is 2.60. The Hall–Kier alpha value is -2.39. The van der Waals surface area contributed by atoms with Gasteiger partial charge in [0.25, 0.3) is 0 Å². The minimum atomic E-state index is -0.242. The molecule has 1 N–H and O–H groups in total. The molecule has 3 aromatic carbocycles. The first-order chi connectivity index (χ1) is 13.0. The molecule has 0 spiro atoms. The van der Waals surface area contributed by atoms with Gasteiger partial charge in [0.2, 0.25) is 5.91 Å². The van der Waals surface area contributed by atoms with Crippen LogP contribution in [0.25, 0.3) is 0 Å². The Morgan fingerprint density at radius 3 is 2.07 bits per heavy atom. The lowest BCUT2D eigenvalue weighted by Gasteiger charge is -2.20. The van der Waals surface area contributed by atoms with E-state index >= 15 is 0 Å². The fourth-order valence-corrected chi connectivity index (χ4v) is 4.42. The molecule has 0 aromatic heterocycles. The summed E-state index contributed by atoms with van der Waals surface area (Å²) in [4.78, 5) is 13.1. The van der Waals surface area contributed by atoms with Crippen molar-refractivity contribution in [2.24, 2.45) is 5.92 Å². The first kappa shape index (κ1) is 18.0. The van der Waals surface area contributed by atoms with E-state index in [1.165, 1.54) is 22.3 Å². The number of anilines is 1. The van der Waals surface area contributed by atoms with E-state index in [1.807, 2.05) is 24.3 Å². The first-order valence-electron chi connectivity index (χ1n) is 9.20. The molecule has 3 heteroatoms. The van der Waals surface area contributed by atoms with Gasteiger partial charge in [-0.2, -0.15) is 0 Å². The molecule has 1 atom stereocenters. The summed E-state index contributed by atoms with van der Waals surface area (Å²) >= 11 is 3.47. The number of halogens is 1. The lowest BCUT2D eigenvalue weighted by molar-refractivity contribution is -0.117. The van der Waals surface area contributed by atoms with Gasteiger partial charge in [0, 0.05) is 15.6 Å². The van der Waals surface area contributed by atoms with E-state index in [1.54, 1.807) is 0 Å². The summed E-state index contributed by atoms with van der Waals surface area (Å²) in [6.45, 7) is 4.21. The fraction of sp³-hybridized carbons (Fsp3) is 0.208. The molecule has 3 aromatic rings. The lowest BCUT2D eigenvalue weighted by atomic mass is 9.84. The number of hydrogen-bond donors (Lipinski definition) is 1. The van der Waals surface area contributed by atoms with Crippen LogP contribution in [0.2, 0.25) is 0 Å². The van der Waals surface area contributed by atoms with E-state index in [0.29, 0.717) is 0 Å². The summed E-state index contributed by atoms with van der Waals surface area (Å²) in [6.07, 6.45) is 0.833. The standard InChI is InChI=1S/C24H22BrNO/c1-16-6-3-8-18(12-16)24(19-9-4-7-17(2)13-19)15-22(24)23(27)26-21-11-5-10-20(25)14-21/h3-14,22H,15H2,1-2H3,(H,26,27)/t22-/m0/s1. The number of carbonyl (C=O) groups excluding carboxylic acids is 1. The number of amides is 1. The molecule has 0 unspecified atom stereocenters. The molecule has 136 valence electrons.